The van der Waals surface area contributed by atoms with E-state index in [0.29, 0.717) is 51.4 Å². The Bertz CT molecular complexity index is 5650. The highest BCUT2D eigenvalue weighted by Gasteiger charge is 2.78. The van der Waals surface area contributed by atoms with Crippen LogP contribution in [0.4, 0.5) is 0 Å². The molecule has 0 amide bonds. The maximum Gasteiger partial charge on any atom is 0.306 e. The van der Waals surface area contributed by atoms with E-state index in [1.165, 1.54) is 16.7 Å². The molecule has 28 heteroatoms. The number of fused-ring (bicyclic) bond motifs is 18. The minimum absolute atomic E-state index is 0.0892. The molecule has 138 heavy (non-hydrogen) atoms. The number of Topliss-reactive ketones (excluding diaryl/α,β-unsaturated/α-hetero) is 3. The van der Waals surface area contributed by atoms with Gasteiger partial charge in [0.15, 0.2) is 36.6 Å². The summed E-state index contributed by atoms with van der Waals surface area (Å²) in [6.07, 6.45) is 19.3. The summed E-state index contributed by atoms with van der Waals surface area (Å²) in [5, 5.41) is 50.1. The normalized spacial score (nSPS) is 35.9. The zero-order chi connectivity index (χ0) is 100. The van der Waals surface area contributed by atoms with E-state index in [1.54, 1.807) is 41.5 Å². The van der Waals surface area contributed by atoms with E-state index in [-0.39, 0.29) is 161 Å². The molecule has 27 atom stereocenters. The molecule has 3 aromatic heterocycles. The van der Waals surface area contributed by atoms with Crippen molar-refractivity contribution in [2.45, 2.75) is 278 Å². The Labute approximate surface area is 834 Å². The number of hydrogen-bond acceptors (Lipinski definition) is 21. The molecule has 9 saturated carbocycles. The van der Waals surface area contributed by atoms with E-state index in [0.717, 1.165) is 72.9 Å². The Hall–Kier alpha value is -8.95. The Morgan fingerprint density at radius 1 is 0.442 bits per heavy atom. The number of aliphatic hydroxyl groups excluding tert-OH is 3. The molecule has 3 N–H and O–H groups in total. The van der Waals surface area contributed by atoms with Crippen LogP contribution in [0.3, 0.4) is 0 Å². The van der Waals surface area contributed by atoms with E-state index < -0.39 is 124 Å². The van der Waals surface area contributed by atoms with Crippen molar-refractivity contribution in [3.8, 4) is 17.1 Å². The number of ether oxygens (including phenoxy) is 6. The van der Waals surface area contributed by atoms with Gasteiger partial charge in [0.05, 0.1) is 71.0 Å². The first-order valence-corrected chi connectivity index (χ1v) is 51.6. The number of aliphatic hydroxyl groups is 3. The lowest BCUT2D eigenvalue weighted by molar-refractivity contribution is -0.207. The molecule has 12 aliphatic carbocycles. The van der Waals surface area contributed by atoms with Gasteiger partial charge in [-0.1, -0.05) is 179 Å². The van der Waals surface area contributed by atoms with Crippen molar-refractivity contribution in [3.63, 3.8) is 0 Å². The minimum Gasteiger partial charge on any atom is -0.457 e. The lowest BCUT2D eigenvalue weighted by Crippen LogP contribution is -2.66. The summed E-state index contributed by atoms with van der Waals surface area (Å²) in [6, 6.07) is 24.4. The van der Waals surface area contributed by atoms with Gasteiger partial charge in [0, 0.05) is 93.1 Å². The number of ketones is 3. The summed E-state index contributed by atoms with van der Waals surface area (Å²) in [5.74, 6) is -6.41. The van der Waals surface area contributed by atoms with Crippen molar-refractivity contribution >= 4 is 128 Å². The largest absolute Gasteiger partial charge is 0.457 e. The predicted molar refractivity (Wildman–Crippen MR) is 532 cm³/mol. The van der Waals surface area contributed by atoms with Gasteiger partial charge in [-0.05, 0) is 242 Å². The van der Waals surface area contributed by atoms with Crippen LogP contribution in [0.2, 0.25) is 0 Å². The number of carbonyl (C=O) groups excluding carboxylic acids is 9. The van der Waals surface area contributed by atoms with E-state index in [4.69, 9.17) is 78.5 Å². The maximum atomic E-state index is 14.2. The SMILES string of the molecule is C=C.C=Cc1cccc(-n2ncc3c2C=C2C[C@@H](Cl)[C@@H]4[C@H]([C@@H](O)C[C@@]5(C)[C@H]4C[C@@H](C)[C@]5(OC(=O)CC)C(=O)COC(=O)CC)[C@@]2(C)C3)c1.CCC(=O)OCC(=O)[C@@]1(OC(=O)CC)[C@H](C)C[C@H]2[C@H]3[C@H]([C@@H](O)C[C@@]21C)[C@@]1(C)Cc2cnn(-c4cccc(Br)c4)c2C=C1C[C@H]3Cl.CCC(=O)OCC(=O)[C@@]1(OC(=O)CC)[C@H](C)C[C@H]2[C@H]3[C@H]([C@@H](O)C[C@@]21C)[C@@]1(C)Cc2cnn(-c4cccc(C)c4)c2C=C1C[C@H]3Cl. The third-order valence-corrected chi connectivity index (χ3v) is 37.2. The number of nitrogens with zero attached hydrogens (tertiary/aromatic N) is 6. The molecule has 24 nitrogen and oxygen atoms in total. The number of aryl methyl sites for hydroxylation is 1. The van der Waals surface area contributed by atoms with Crippen molar-refractivity contribution in [1.29, 1.82) is 0 Å². The number of hydrogen-bond donors (Lipinski definition) is 3. The van der Waals surface area contributed by atoms with E-state index in [2.05, 4.69) is 106 Å². The first-order valence-electron chi connectivity index (χ1n) is 49.5. The van der Waals surface area contributed by atoms with Crippen LogP contribution in [-0.2, 0) is 90.8 Å². The van der Waals surface area contributed by atoms with E-state index in [1.807, 2.05) is 129 Å². The number of allylic oxidation sites excluding steroid dienone is 3. The lowest BCUT2D eigenvalue weighted by atomic mass is 9.45. The summed E-state index contributed by atoms with van der Waals surface area (Å²) in [5.41, 5.74) is 6.76. The molecule has 0 unspecified atom stereocenters. The van der Waals surface area contributed by atoms with Gasteiger partial charge in [0.25, 0.3) is 0 Å². The molecule has 3 aromatic carbocycles. The van der Waals surface area contributed by atoms with Gasteiger partial charge >= 0.3 is 35.8 Å². The summed E-state index contributed by atoms with van der Waals surface area (Å²) in [4.78, 5) is 117. The summed E-state index contributed by atoms with van der Waals surface area (Å²) < 4.78 is 41.4. The van der Waals surface area contributed by atoms with Gasteiger partial charge in [-0.25, -0.2) is 14.0 Å². The van der Waals surface area contributed by atoms with Crippen LogP contribution in [0.25, 0.3) is 41.4 Å². The molecule has 0 spiro atoms. The van der Waals surface area contributed by atoms with Gasteiger partial charge in [0.1, 0.15) is 0 Å². The van der Waals surface area contributed by atoms with Gasteiger partial charge in [-0.3, -0.25) is 43.2 Å². The van der Waals surface area contributed by atoms with Crippen molar-refractivity contribution in [2.75, 3.05) is 19.8 Å². The Morgan fingerprint density at radius 2 is 0.732 bits per heavy atom. The van der Waals surface area contributed by atoms with Gasteiger partial charge < -0.3 is 43.7 Å². The highest BCUT2D eigenvalue weighted by Crippen LogP contribution is 2.75. The number of carbonyl (C=O) groups is 9. The molecule has 6 aromatic rings. The highest BCUT2D eigenvalue weighted by atomic mass is 79.9. The fourth-order valence-corrected chi connectivity index (χ4v) is 31.3. The number of esters is 6. The lowest BCUT2D eigenvalue weighted by Gasteiger charge is -2.61. The second-order valence-electron chi connectivity index (χ2n) is 42.6. The van der Waals surface area contributed by atoms with Crippen molar-refractivity contribution in [3.05, 3.63) is 177 Å². The quantitative estimate of drug-likeness (QED) is 0.0246. The molecular formula is C110H136BrCl3N6O18. The fourth-order valence-electron chi connectivity index (χ4n) is 29.4. The van der Waals surface area contributed by atoms with Crippen molar-refractivity contribution in [2.24, 2.45) is 104 Å². The monoisotopic (exact) mass is 2010 g/mol. The Balaban J connectivity index is 0.000000156. The first kappa shape index (κ1) is 103. The molecule has 3 heterocycles. The van der Waals surface area contributed by atoms with Crippen LogP contribution in [-0.4, -0.2) is 169 Å². The van der Waals surface area contributed by atoms with Gasteiger partial charge in [-0.2, -0.15) is 15.3 Å². The van der Waals surface area contributed by atoms with Crippen molar-refractivity contribution < 1.29 is 86.9 Å². The Kier molecular flexibility index (Phi) is 29.5. The zero-order valence-corrected chi connectivity index (χ0v) is 86.3. The molecule has 12 aliphatic rings. The maximum absolute atomic E-state index is 14.2. The number of alkyl halides is 3. The number of rotatable bonds is 22. The topological polar surface area (TPSA) is 323 Å². The number of halogens is 4. The van der Waals surface area contributed by atoms with Crippen LogP contribution in [0.15, 0.2) is 132 Å². The fraction of sp³-hybridized carbons (Fsp3) is 0.582. The third-order valence-electron chi connectivity index (χ3n) is 35.4. The summed E-state index contributed by atoms with van der Waals surface area (Å²) in [7, 11) is 0. The number of benzene rings is 3. The standard InChI is InChI=1S/C37H45ClN2O6.C36H45ClN2O6.C35H42BrClN2O6.C2H4/c1-7-22-11-10-12-25(14-22)40-28-16-24-15-27(38)33-26-13-21(4)37(46-32(44)9-3,30(42)20-45-31(43)8-2)36(26,6)18-29(41)34(33)35(24,5)17-23(28)19-39-40;1-7-30(42)44-19-29(41)36(45-31(43)8-2)21(4)13-25-32-26(37)14-23-15-27-22(18-38-39(27)24-11-9-10-20(3)12-24)16-34(23,5)33(32)28(40)17-35(25,36)6;1-6-29(42)44-18-28(41)35(45-30(43)7-2)19(3)11-24-31-25(37)12-21-13-26-20(17-38-39(26)23-10-8-9-22(36)14-23)15-33(21,4)32(31)27(40)16-34(24,35)5;1-2/h7,10-12,14,16,19,21,26-27,29,33-34,41H,1,8-9,13,15,17-18,20H2,2-6H3;9-12,15,18,21,25-26,28,32-33,40H,7-8,13-14,16-17,19H2,1-6H3;8-10,13-14,17,19,24-25,27,31-32,40H,6-7,11-12,15-16,18H2,1-5H3;1-2H2/t21-,26+,27-,29+,33-,34+,35+,36+,37+;21-,25+,26-,28+,32-,33+,34+,35+,36+;19-,24+,25-,27+,31-,32+,33+,34+,35+;/m111./s1. The minimum atomic E-state index is -1.54. The van der Waals surface area contributed by atoms with Gasteiger partial charge in [0.2, 0.25) is 17.3 Å². The summed E-state index contributed by atoms with van der Waals surface area (Å²) >= 11 is 25.7. The molecule has 0 bridgehead atoms. The molecule has 0 aliphatic heterocycles. The first-order chi connectivity index (χ1) is 65.4. The van der Waals surface area contributed by atoms with Crippen LogP contribution < -0.4 is 0 Å². The number of aromatic nitrogens is 6. The average Bonchev–Trinajstić information content (AvgIpc) is 1.49. The smallest absolute Gasteiger partial charge is 0.306 e. The second-order valence-corrected chi connectivity index (χ2v) is 45.2. The molecule has 9 fully saturated rings. The van der Waals surface area contributed by atoms with Crippen LogP contribution in [0, 0.1) is 110 Å². The van der Waals surface area contributed by atoms with E-state index >= 15 is 0 Å². The molecule has 742 valence electrons. The predicted octanol–water partition coefficient (Wildman–Crippen LogP) is 19.6. The zero-order valence-electron chi connectivity index (χ0n) is 82.5. The summed E-state index contributed by atoms with van der Waals surface area (Å²) in [6.45, 7) is 39.1. The van der Waals surface area contributed by atoms with Crippen LogP contribution in [0.5, 0.6) is 0 Å². The molecule has 18 rings (SSSR count). The highest BCUT2D eigenvalue weighted by molar-refractivity contribution is 9.10. The van der Waals surface area contributed by atoms with Crippen molar-refractivity contribution in [1.82, 2.24) is 29.3 Å². The molecule has 0 saturated heterocycles. The molecule has 0 radical (unpaired) electrons. The van der Waals surface area contributed by atoms with Crippen LogP contribution >= 0.6 is 50.7 Å². The van der Waals surface area contributed by atoms with E-state index in [9.17, 15) is 58.5 Å². The van der Waals surface area contributed by atoms with Crippen LogP contribution in [0.1, 0.15) is 245 Å². The average molecular weight is 2020 g/mol. The van der Waals surface area contributed by atoms with Gasteiger partial charge in [-0.15, -0.1) is 48.0 Å². The Morgan fingerprint density at radius 3 is 1.02 bits per heavy atom. The third kappa shape index (κ3) is 16.8. The molecular weight excluding hydrogens is 1880 g/mol. The second kappa shape index (κ2) is 39.4.